The van der Waals surface area contributed by atoms with Gasteiger partial charge in [-0.3, -0.25) is 0 Å². The highest BCUT2D eigenvalue weighted by atomic mass is 19.4. The van der Waals surface area contributed by atoms with Gasteiger partial charge < -0.3 is 14.6 Å². The third-order valence-electron chi connectivity index (χ3n) is 3.29. The zero-order valence-corrected chi connectivity index (χ0v) is 13.6. The lowest BCUT2D eigenvalue weighted by molar-refractivity contribution is -0.462. The lowest BCUT2D eigenvalue weighted by atomic mass is 9.89. The maximum absolute atomic E-state index is 13.3. The molecule has 0 aromatic rings. The number of carbonyl (C=O) groups excluding carboxylic acids is 1. The Hall–Kier alpha value is -1.76. The second-order valence-corrected chi connectivity index (χ2v) is 5.51. The van der Waals surface area contributed by atoms with Crippen LogP contribution in [0.5, 0.6) is 0 Å². The third kappa shape index (κ3) is 4.18. The number of hydrogen-bond acceptors (Lipinski definition) is 3. The molecule has 0 aliphatic heterocycles. The number of halogens is 17. The largest absolute Gasteiger partial charge is 0.548 e. The number of carboxylic acid groups (broad SMARTS) is 1. The second kappa shape index (κ2) is 7.68. The Kier molecular flexibility index (Phi) is 7.24. The van der Waals surface area contributed by atoms with E-state index in [0.717, 1.165) is 0 Å². The van der Waals surface area contributed by atoms with E-state index in [1.165, 1.54) is 0 Å². The minimum Gasteiger partial charge on any atom is -0.548 e. The average Bonchev–Trinajstić information content (AvgIpc) is 2.51. The van der Waals surface area contributed by atoms with E-state index in [4.69, 9.17) is 0 Å². The highest BCUT2D eigenvalue weighted by Crippen LogP contribution is 2.63. The Bertz CT molecular complexity index is 665. The van der Waals surface area contributed by atoms with Crippen molar-refractivity contribution in [2.24, 2.45) is 0 Å². The van der Waals surface area contributed by atoms with E-state index in [0.29, 0.717) is 0 Å². The van der Waals surface area contributed by atoms with Crippen LogP contribution in [-0.2, 0) is 9.53 Å². The standard InChI is InChI=1S/C11H5F17O3/c12-4(13,2-31-1-3(29)30)5(14,15)6(16,17)7(18,19)8(20,21)9(22,23)10(24,25)11(26,27)28/h1-2H2,(H,29,30)/p-1. The molecule has 20 heteroatoms. The van der Waals surface area contributed by atoms with Crippen LogP contribution in [0.15, 0.2) is 0 Å². The highest BCUT2D eigenvalue weighted by molar-refractivity contribution is 5.65. The Morgan fingerprint density at radius 2 is 0.839 bits per heavy atom. The van der Waals surface area contributed by atoms with Crippen molar-refractivity contribution in [1.82, 2.24) is 0 Å². The third-order valence-corrected chi connectivity index (χ3v) is 3.29. The van der Waals surface area contributed by atoms with Crippen molar-refractivity contribution in [3.05, 3.63) is 0 Å². The van der Waals surface area contributed by atoms with Crippen LogP contribution in [0.3, 0.4) is 0 Å². The summed E-state index contributed by atoms with van der Waals surface area (Å²) in [6.45, 7) is -5.38. The summed E-state index contributed by atoms with van der Waals surface area (Å²) in [7, 11) is 0. The van der Waals surface area contributed by atoms with Crippen LogP contribution in [0.2, 0.25) is 0 Å². The van der Waals surface area contributed by atoms with Crippen LogP contribution in [0.25, 0.3) is 0 Å². The summed E-state index contributed by atoms with van der Waals surface area (Å²) >= 11 is 0. The number of carbonyl (C=O) groups is 1. The maximum atomic E-state index is 13.3. The summed E-state index contributed by atoms with van der Waals surface area (Å²) < 4.78 is 222. The monoisotopic (exact) mass is 507 g/mol. The van der Waals surface area contributed by atoms with Gasteiger partial charge in [-0.25, -0.2) is 0 Å². The van der Waals surface area contributed by atoms with E-state index >= 15 is 0 Å². The van der Waals surface area contributed by atoms with Gasteiger partial charge in [0.1, 0.15) is 6.61 Å². The molecule has 0 saturated carbocycles. The van der Waals surface area contributed by atoms with Crippen LogP contribution in [0.4, 0.5) is 74.6 Å². The lowest BCUT2D eigenvalue weighted by Crippen LogP contribution is -2.74. The van der Waals surface area contributed by atoms with Gasteiger partial charge in [-0.1, -0.05) is 0 Å². The molecule has 0 saturated heterocycles. The van der Waals surface area contributed by atoms with Crippen molar-refractivity contribution < 1.29 is 89.3 Å². The van der Waals surface area contributed by atoms with E-state index < -0.39 is 66.8 Å². The van der Waals surface area contributed by atoms with Gasteiger partial charge in [0.15, 0.2) is 0 Å². The molecule has 0 unspecified atom stereocenters. The van der Waals surface area contributed by atoms with E-state index in [-0.39, 0.29) is 0 Å². The Morgan fingerprint density at radius 3 is 1.13 bits per heavy atom. The molecule has 0 N–H and O–H groups in total. The number of carboxylic acids is 1. The second-order valence-electron chi connectivity index (χ2n) is 5.51. The molecule has 31 heavy (non-hydrogen) atoms. The molecule has 0 amide bonds. The van der Waals surface area contributed by atoms with E-state index in [9.17, 15) is 84.5 Å². The SMILES string of the molecule is O=C([O-])COCC(F)(F)C(F)(F)C(F)(F)C(F)(F)C(F)(F)C(F)(F)C(F)(F)C(F)(F)F. The van der Waals surface area contributed by atoms with Crippen molar-refractivity contribution >= 4 is 5.97 Å². The van der Waals surface area contributed by atoms with Crippen LogP contribution < -0.4 is 5.11 Å². The smallest absolute Gasteiger partial charge is 0.460 e. The summed E-state index contributed by atoms with van der Waals surface area (Å²) in [5.41, 5.74) is 0. The predicted molar refractivity (Wildman–Crippen MR) is 56.5 cm³/mol. The first-order valence-corrected chi connectivity index (χ1v) is 6.66. The van der Waals surface area contributed by atoms with E-state index in [2.05, 4.69) is 4.74 Å². The van der Waals surface area contributed by atoms with Gasteiger partial charge in [-0.05, 0) is 0 Å². The van der Waals surface area contributed by atoms with Crippen LogP contribution in [0, 0.1) is 0 Å². The molecular formula is C11H4F17O3-. The zero-order chi connectivity index (χ0) is 25.7. The lowest BCUT2D eigenvalue weighted by Gasteiger charge is -2.42. The molecule has 0 aromatic heterocycles. The zero-order valence-electron chi connectivity index (χ0n) is 13.6. The first-order chi connectivity index (χ1) is 13.2. The Labute approximate surface area is 157 Å². The molecule has 0 aliphatic rings. The summed E-state index contributed by atoms with van der Waals surface area (Å²) in [6, 6.07) is 0. The van der Waals surface area contributed by atoms with Gasteiger partial charge in [-0.2, -0.15) is 74.6 Å². The molecule has 0 heterocycles. The molecule has 0 aromatic carbocycles. The number of hydrogen-bond donors (Lipinski definition) is 0. The number of rotatable bonds is 10. The molecule has 0 aliphatic carbocycles. The first kappa shape index (κ1) is 29.2. The first-order valence-electron chi connectivity index (χ1n) is 6.66. The van der Waals surface area contributed by atoms with Crippen molar-refractivity contribution in [2.45, 2.75) is 47.6 Å². The molecular weight excluding hydrogens is 503 g/mol. The van der Waals surface area contributed by atoms with Gasteiger partial charge in [0.25, 0.3) is 0 Å². The minimum atomic E-state index is -8.71. The molecule has 186 valence electrons. The number of aliphatic carboxylic acids is 1. The van der Waals surface area contributed by atoms with E-state index in [1.807, 2.05) is 0 Å². The normalized spacial score (nSPS) is 15.9. The van der Waals surface area contributed by atoms with Crippen LogP contribution in [-0.4, -0.2) is 66.8 Å². The maximum Gasteiger partial charge on any atom is 0.460 e. The van der Waals surface area contributed by atoms with Crippen molar-refractivity contribution in [3.63, 3.8) is 0 Å². The quantitative estimate of drug-likeness (QED) is 0.424. The molecule has 0 atom stereocenters. The van der Waals surface area contributed by atoms with Crippen molar-refractivity contribution in [2.75, 3.05) is 13.2 Å². The highest BCUT2D eigenvalue weighted by Gasteiger charge is 2.95. The van der Waals surface area contributed by atoms with Gasteiger partial charge in [0.2, 0.25) is 0 Å². The summed E-state index contributed by atoms with van der Waals surface area (Å²) in [6.07, 6.45) is -7.82. The van der Waals surface area contributed by atoms with E-state index in [1.54, 1.807) is 0 Å². The van der Waals surface area contributed by atoms with Gasteiger partial charge >= 0.3 is 47.6 Å². The Balaban J connectivity index is 6.46. The summed E-state index contributed by atoms with van der Waals surface area (Å²) in [4.78, 5) is 9.83. The number of ether oxygens (including phenoxy) is 1. The molecule has 0 rings (SSSR count). The average molecular weight is 507 g/mol. The number of alkyl halides is 17. The van der Waals surface area contributed by atoms with Gasteiger partial charge in [0, 0.05) is 0 Å². The molecule has 0 spiro atoms. The van der Waals surface area contributed by atoms with Crippen molar-refractivity contribution in [1.29, 1.82) is 0 Å². The molecule has 0 bridgehead atoms. The Morgan fingerprint density at radius 1 is 0.548 bits per heavy atom. The molecule has 0 radical (unpaired) electrons. The van der Waals surface area contributed by atoms with Crippen molar-refractivity contribution in [3.8, 4) is 0 Å². The topological polar surface area (TPSA) is 49.4 Å². The van der Waals surface area contributed by atoms with Gasteiger partial charge in [-0.15, -0.1) is 0 Å². The van der Waals surface area contributed by atoms with Gasteiger partial charge in [0.05, 0.1) is 12.6 Å². The molecule has 0 fully saturated rings. The summed E-state index contributed by atoms with van der Waals surface area (Å²) in [5, 5.41) is 9.83. The summed E-state index contributed by atoms with van der Waals surface area (Å²) in [5.74, 6) is -59.8. The predicted octanol–water partition coefficient (Wildman–Crippen LogP) is 3.76. The fourth-order valence-corrected chi connectivity index (χ4v) is 1.55. The fourth-order valence-electron chi connectivity index (χ4n) is 1.55. The molecule has 3 nitrogen and oxygen atoms in total. The minimum absolute atomic E-state index is 2.10. The van der Waals surface area contributed by atoms with Crippen LogP contribution >= 0.6 is 0 Å². The fraction of sp³-hybridized carbons (Fsp3) is 0.909. The van der Waals surface area contributed by atoms with Crippen LogP contribution in [0.1, 0.15) is 0 Å².